The van der Waals surface area contributed by atoms with E-state index in [9.17, 15) is 9.59 Å². The van der Waals surface area contributed by atoms with Crippen molar-refractivity contribution < 1.29 is 14.2 Å². The van der Waals surface area contributed by atoms with Crippen LogP contribution in [-0.2, 0) is 0 Å². The van der Waals surface area contributed by atoms with Crippen molar-refractivity contribution in [1.29, 1.82) is 0 Å². The molecule has 0 aliphatic carbocycles. The molecule has 0 aliphatic rings. The van der Waals surface area contributed by atoms with Gasteiger partial charge in [-0.25, -0.2) is 4.63 Å². The second-order valence-corrected chi connectivity index (χ2v) is 3.92. The zero-order chi connectivity index (χ0) is 14.0. The van der Waals surface area contributed by atoms with Crippen LogP contribution in [0.5, 0.6) is 0 Å². The molecule has 0 aliphatic heterocycles. The fourth-order valence-electron chi connectivity index (χ4n) is 1.34. The van der Waals surface area contributed by atoms with Gasteiger partial charge in [-0.3, -0.25) is 9.59 Å². The number of nitrogens with zero attached hydrogens (tertiary/aromatic N) is 2. The maximum atomic E-state index is 11.8. The second kappa shape index (κ2) is 4.94. The number of hydrogen-bond donors (Lipinski definition) is 3. The number of primary amides is 1. The van der Waals surface area contributed by atoms with Gasteiger partial charge in [-0.1, -0.05) is 11.6 Å². The van der Waals surface area contributed by atoms with Gasteiger partial charge in [-0.2, -0.15) is 0 Å². The lowest BCUT2D eigenvalue weighted by molar-refractivity contribution is 0.0994. The normalized spacial score (nSPS) is 10.2. The van der Waals surface area contributed by atoms with Crippen LogP contribution in [0.3, 0.4) is 0 Å². The predicted octanol–water partition coefficient (Wildman–Crippen LogP) is 0.656. The SMILES string of the molecule is NC(=O)c1cc(NC(=O)c2nonc2N)ccc1Cl. The van der Waals surface area contributed by atoms with Gasteiger partial charge in [0.1, 0.15) is 0 Å². The summed E-state index contributed by atoms with van der Waals surface area (Å²) in [4.78, 5) is 22.9. The van der Waals surface area contributed by atoms with E-state index >= 15 is 0 Å². The lowest BCUT2D eigenvalue weighted by atomic mass is 10.2. The maximum Gasteiger partial charge on any atom is 0.281 e. The number of carbonyl (C=O) groups excluding carboxylic acids is 2. The number of anilines is 2. The number of nitrogens with one attached hydrogen (secondary N) is 1. The number of aromatic nitrogens is 2. The van der Waals surface area contributed by atoms with E-state index in [2.05, 4.69) is 20.3 Å². The molecular weight excluding hydrogens is 274 g/mol. The predicted molar refractivity (Wildman–Crippen MR) is 66.6 cm³/mol. The number of benzene rings is 1. The summed E-state index contributed by atoms with van der Waals surface area (Å²) in [5.74, 6) is -1.47. The van der Waals surface area contributed by atoms with Gasteiger partial charge in [0.05, 0.1) is 10.6 Å². The van der Waals surface area contributed by atoms with Gasteiger partial charge in [0, 0.05) is 5.69 Å². The molecule has 0 radical (unpaired) electrons. The van der Waals surface area contributed by atoms with E-state index in [-0.39, 0.29) is 22.1 Å². The van der Waals surface area contributed by atoms with Crippen LogP contribution in [0.25, 0.3) is 0 Å². The molecule has 8 nitrogen and oxygen atoms in total. The third kappa shape index (κ3) is 2.63. The number of halogens is 1. The van der Waals surface area contributed by atoms with Crippen LogP contribution in [0.4, 0.5) is 11.5 Å². The first-order valence-corrected chi connectivity index (χ1v) is 5.35. The van der Waals surface area contributed by atoms with Crippen LogP contribution in [0, 0.1) is 0 Å². The maximum absolute atomic E-state index is 11.8. The van der Waals surface area contributed by atoms with Gasteiger partial charge in [-0.05, 0) is 28.5 Å². The first kappa shape index (κ1) is 12.8. The molecule has 0 fully saturated rings. The van der Waals surface area contributed by atoms with Crippen LogP contribution in [0.2, 0.25) is 5.02 Å². The zero-order valence-electron chi connectivity index (χ0n) is 9.38. The van der Waals surface area contributed by atoms with Gasteiger partial charge < -0.3 is 16.8 Å². The summed E-state index contributed by atoms with van der Waals surface area (Å²) in [6, 6.07) is 4.27. The molecule has 2 aromatic rings. The molecule has 0 bridgehead atoms. The Morgan fingerprint density at radius 2 is 2.05 bits per heavy atom. The largest absolute Gasteiger partial charge is 0.379 e. The highest BCUT2D eigenvalue weighted by molar-refractivity contribution is 6.34. The summed E-state index contributed by atoms with van der Waals surface area (Å²) in [5, 5.41) is 9.27. The Labute approximate surface area is 111 Å². The molecule has 0 spiro atoms. The molecule has 1 aromatic carbocycles. The molecule has 19 heavy (non-hydrogen) atoms. The molecule has 0 atom stereocenters. The average Bonchev–Trinajstić information content (AvgIpc) is 2.77. The van der Waals surface area contributed by atoms with E-state index in [1.165, 1.54) is 18.2 Å². The first-order chi connectivity index (χ1) is 8.99. The topological polar surface area (TPSA) is 137 Å². The number of carbonyl (C=O) groups is 2. The van der Waals surface area contributed by atoms with Gasteiger partial charge in [0.15, 0.2) is 0 Å². The number of nitrogens with two attached hydrogens (primary N) is 2. The van der Waals surface area contributed by atoms with Crippen molar-refractivity contribution in [2.45, 2.75) is 0 Å². The summed E-state index contributed by atoms with van der Waals surface area (Å²) < 4.78 is 4.30. The smallest absolute Gasteiger partial charge is 0.281 e. The lowest BCUT2D eigenvalue weighted by Gasteiger charge is -2.06. The van der Waals surface area contributed by atoms with Crippen LogP contribution >= 0.6 is 11.6 Å². The molecule has 1 heterocycles. The van der Waals surface area contributed by atoms with Crippen molar-refractivity contribution in [3.05, 3.63) is 34.5 Å². The second-order valence-electron chi connectivity index (χ2n) is 3.51. The van der Waals surface area contributed by atoms with Gasteiger partial charge in [0.25, 0.3) is 5.91 Å². The quantitative estimate of drug-likeness (QED) is 0.755. The molecular formula is C10H8ClN5O3. The lowest BCUT2D eigenvalue weighted by Crippen LogP contribution is -2.16. The number of rotatable bonds is 3. The van der Waals surface area contributed by atoms with E-state index in [1.807, 2.05) is 0 Å². The van der Waals surface area contributed by atoms with Gasteiger partial charge >= 0.3 is 0 Å². The number of hydrogen-bond acceptors (Lipinski definition) is 6. The summed E-state index contributed by atoms with van der Waals surface area (Å²) in [6.07, 6.45) is 0. The Kier molecular flexibility index (Phi) is 3.34. The Hall–Kier alpha value is -2.61. The van der Waals surface area contributed by atoms with Crippen LogP contribution < -0.4 is 16.8 Å². The van der Waals surface area contributed by atoms with Crippen molar-refractivity contribution in [2.24, 2.45) is 5.73 Å². The fourth-order valence-corrected chi connectivity index (χ4v) is 1.55. The van der Waals surface area contributed by atoms with E-state index in [0.29, 0.717) is 5.69 Å². The van der Waals surface area contributed by atoms with E-state index in [4.69, 9.17) is 23.1 Å². The van der Waals surface area contributed by atoms with E-state index < -0.39 is 11.8 Å². The fraction of sp³-hybridized carbons (Fsp3) is 0. The van der Waals surface area contributed by atoms with E-state index in [1.54, 1.807) is 0 Å². The van der Waals surface area contributed by atoms with Gasteiger partial charge in [-0.15, -0.1) is 0 Å². The molecule has 5 N–H and O–H groups in total. The Balaban J connectivity index is 2.25. The summed E-state index contributed by atoms with van der Waals surface area (Å²) in [7, 11) is 0. The number of nitrogen functional groups attached to an aromatic ring is 1. The molecule has 2 amide bonds. The van der Waals surface area contributed by atoms with Crippen molar-refractivity contribution in [3.63, 3.8) is 0 Å². The minimum Gasteiger partial charge on any atom is -0.379 e. The molecule has 2 rings (SSSR count). The van der Waals surface area contributed by atoms with Crippen molar-refractivity contribution in [1.82, 2.24) is 10.3 Å². The Morgan fingerprint density at radius 1 is 1.32 bits per heavy atom. The third-order valence-corrected chi connectivity index (χ3v) is 2.55. The average molecular weight is 282 g/mol. The summed E-state index contributed by atoms with van der Waals surface area (Å²) in [6.45, 7) is 0. The van der Waals surface area contributed by atoms with Gasteiger partial charge in [0.2, 0.25) is 17.4 Å². The van der Waals surface area contributed by atoms with E-state index in [0.717, 1.165) is 0 Å². The monoisotopic (exact) mass is 281 g/mol. The Morgan fingerprint density at radius 3 is 2.63 bits per heavy atom. The van der Waals surface area contributed by atoms with Crippen LogP contribution in [-0.4, -0.2) is 22.1 Å². The van der Waals surface area contributed by atoms with Crippen molar-refractivity contribution >= 4 is 34.9 Å². The highest BCUT2D eigenvalue weighted by Gasteiger charge is 2.17. The molecule has 1 aromatic heterocycles. The molecule has 0 unspecified atom stereocenters. The molecule has 0 saturated carbocycles. The minimum absolute atomic E-state index is 0.0886. The minimum atomic E-state index is -0.705. The van der Waals surface area contributed by atoms with Crippen molar-refractivity contribution in [2.75, 3.05) is 11.1 Å². The first-order valence-electron chi connectivity index (χ1n) is 4.97. The Bertz CT molecular complexity index is 654. The highest BCUT2D eigenvalue weighted by Crippen LogP contribution is 2.20. The standard InChI is InChI=1S/C10H8ClN5O3/c11-6-2-1-4(3-5(6)9(13)17)14-10(18)7-8(12)16-19-15-7/h1-3H,(H2,12,16)(H2,13,17)(H,14,18). The highest BCUT2D eigenvalue weighted by atomic mass is 35.5. The molecule has 0 saturated heterocycles. The molecule has 9 heteroatoms. The van der Waals surface area contributed by atoms with Crippen LogP contribution in [0.1, 0.15) is 20.8 Å². The van der Waals surface area contributed by atoms with Crippen molar-refractivity contribution in [3.8, 4) is 0 Å². The van der Waals surface area contributed by atoms with Crippen LogP contribution in [0.15, 0.2) is 22.8 Å². The number of amides is 2. The third-order valence-electron chi connectivity index (χ3n) is 2.22. The summed E-state index contributed by atoms with van der Waals surface area (Å²) in [5.41, 5.74) is 10.8. The molecule has 98 valence electrons. The summed E-state index contributed by atoms with van der Waals surface area (Å²) >= 11 is 5.78. The zero-order valence-corrected chi connectivity index (χ0v) is 10.1.